The van der Waals surface area contributed by atoms with Crippen molar-refractivity contribution in [2.45, 2.75) is 26.1 Å². The Morgan fingerprint density at radius 2 is 1.96 bits per heavy atom. The van der Waals surface area contributed by atoms with Crippen LogP contribution in [0.25, 0.3) is 0 Å². The minimum absolute atomic E-state index is 0.00314. The smallest absolute Gasteiger partial charge is 0.407 e. The topological polar surface area (TPSA) is 63.6 Å². The minimum Gasteiger partial charge on any atom is -0.445 e. The Morgan fingerprint density at radius 3 is 2.75 bits per heavy atom. The largest absolute Gasteiger partial charge is 0.445 e. The van der Waals surface area contributed by atoms with Crippen LogP contribution >= 0.6 is 0 Å². The zero-order valence-corrected chi connectivity index (χ0v) is 13.6. The Bertz CT molecular complexity index is 711. The lowest BCUT2D eigenvalue weighted by Gasteiger charge is -2.35. The molecule has 1 aliphatic rings. The molecule has 0 radical (unpaired) electrons. The lowest BCUT2D eigenvalue weighted by molar-refractivity contribution is -0.133. The molecule has 0 saturated carbocycles. The number of hydrogen-bond donors (Lipinski definition) is 1. The van der Waals surface area contributed by atoms with Crippen LogP contribution in [0.2, 0.25) is 0 Å². The van der Waals surface area contributed by atoms with Crippen molar-refractivity contribution in [2.24, 2.45) is 0 Å². The van der Waals surface area contributed by atoms with Gasteiger partial charge in [0.25, 0.3) is 0 Å². The molecule has 0 spiro atoms. The second-order valence-corrected chi connectivity index (χ2v) is 5.80. The molecule has 2 heterocycles. The molecule has 1 N–H and O–H groups in total. The van der Waals surface area contributed by atoms with Gasteiger partial charge in [-0.05, 0) is 24.6 Å². The zero-order chi connectivity index (χ0) is 16.9. The van der Waals surface area contributed by atoms with Gasteiger partial charge in [-0.3, -0.25) is 4.79 Å². The summed E-state index contributed by atoms with van der Waals surface area (Å²) < 4.78 is 7.26. The predicted octanol–water partition coefficient (Wildman–Crippen LogP) is 2.32. The minimum atomic E-state index is -0.583. The van der Waals surface area contributed by atoms with Crippen LogP contribution in [-0.4, -0.2) is 34.6 Å². The number of nitrogens with one attached hydrogen (secondary N) is 1. The van der Waals surface area contributed by atoms with E-state index in [0.717, 1.165) is 17.8 Å². The molecule has 2 aromatic rings. The molecule has 1 aromatic carbocycles. The van der Waals surface area contributed by atoms with E-state index in [1.807, 2.05) is 55.6 Å². The molecule has 6 heteroatoms. The van der Waals surface area contributed by atoms with Gasteiger partial charge in [0, 0.05) is 25.0 Å². The van der Waals surface area contributed by atoms with Crippen molar-refractivity contribution in [1.29, 1.82) is 0 Å². The Balaban J connectivity index is 1.46. The van der Waals surface area contributed by atoms with Gasteiger partial charge >= 0.3 is 6.09 Å². The van der Waals surface area contributed by atoms with Crippen molar-refractivity contribution in [3.05, 3.63) is 59.9 Å². The summed E-state index contributed by atoms with van der Waals surface area (Å²) in [6, 6.07) is 13.4. The fourth-order valence-electron chi connectivity index (χ4n) is 2.94. The summed E-state index contributed by atoms with van der Waals surface area (Å²) in [7, 11) is 0. The first-order valence-corrected chi connectivity index (χ1v) is 8.04. The number of ether oxygens (including phenoxy) is 1. The lowest BCUT2D eigenvalue weighted by Crippen LogP contribution is -2.45. The second kappa shape index (κ2) is 7.21. The highest BCUT2D eigenvalue weighted by Crippen LogP contribution is 2.24. The molecule has 24 heavy (non-hydrogen) atoms. The zero-order valence-electron chi connectivity index (χ0n) is 13.6. The Kier molecular flexibility index (Phi) is 4.84. The van der Waals surface area contributed by atoms with Crippen LogP contribution in [0.15, 0.2) is 48.7 Å². The van der Waals surface area contributed by atoms with Crippen LogP contribution in [0.5, 0.6) is 0 Å². The van der Waals surface area contributed by atoms with Gasteiger partial charge in [-0.25, -0.2) is 4.79 Å². The molecule has 126 valence electrons. The van der Waals surface area contributed by atoms with E-state index in [0.29, 0.717) is 6.54 Å². The summed E-state index contributed by atoms with van der Waals surface area (Å²) in [5.74, 6) is -0.105. The quantitative estimate of drug-likeness (QED) is 0.937. The van der Waals surface area contributed by atoms with E-state index in [9.17, 15) is 9.59 Å². The fourth-order valence-corrected chi connectivity index (χ4v) is 2.94. The van der Waals surface area contributed by atoms with Crippen molar-refractivity contribution in [3.63, 3.8) is 0 Å². The third kappa shape index (κ3) is 3.59. The molecule has 0 saturated heterocycles. The van der Waals surface area contributed by atoms with E-state index in [2.05, 4.69) is 9.88 Å². The van der Waals surface area contributed by atoms with Crippen molar-refractivity contribution in [2.75, 3.05) is 13.1 Å². The molecule has 1 atom stereocenters. The van der Waals surface area contributed by atoms with Gasteiger partial charge in [-0.2, -0.15) is 0 Å². The van der Waals surface area contributed by atoms with Crippen LogP contribution in [0.4, 0.5) is 4.79 Å². The van der Waals surface area contributed by atoms with Crippen LogP contribution in [0.1, 0.15) is 24.2 Å². The maximum atomic E-state index is 12.4. The fraction of sp³-hybridized carbons (Fsp3) is 0.333. The molecular weight excluding hydrogens is 306 g/mol. The number of benzene rings is 1. The molecule has 0 unspecified atom stereocenters. The first kappa shape index (κ1) is 16.1. The van der Waals surface area contributed by atoms with E-state index in [4.69, 9.17) is 4.74 Å². The third-order valence-electron chi connectivity index (χ3n) is 4.26. The highest BCUT2D eigenvalue weighted by atomic mass is 16.5. The predicted molar refractivity (Wildman–Crippen MR) is 89.2 cm³/mol. The summed E-state index contributed by atoms with van der Waals surface area (Å²) in [4.78, 5) is 25.9. The van der Waals surface area contributed by atoms with Gasteiger partial charge in [0.15, 0.2) is 0 Å². The number of fused-ring (bicyclic) bond motifs is 1. The molecule has 1 aliphatic heterocycles. The van der Waals surface area contributed by atoms with Gasteiger partial charge < -0.3 is 19.5 Å². The normalized spacial score (nSPS) is 16.4. The van der Waals surface area contributed by atoms with Crippen molar-refractivity contribution >= 4 is 12.0 Å². The first-order valence-electron chi connectivity index (χ1n) is 8.04. The summed E-state index contributed by atoms with van der Waals surface area (Å²) in [6.07, 6.45) is 1.44. The van der Waals surface area contributed by atoms with Crippen LogP contribution in [0, 0.1) is 0 Å². The van der Waals surface area contributed by atoms with Gasteiger partial charge in [0.1, 0.15) is 13.2 Å². The molecule has 0 fully saturated rings. The van der Waals surface area contributed by atoms with E-state index in [1.165, 1.54) is 0 Å². The number of rotatable bonds is 4. The number of alkyl carbamates (subject to hydrolysis) is 1. The molecular formula is C18H21N3O3. The summed E-state index contributed by atoms with van der Waals surface area (Å²) >= 11 is 0. The molecule has 3 rings (SSSR count). The van der Waals surface area contributed by atoms with E-state index >= 15 is 0 Å². The van der Waals surface area contributed by atoms with Gasteiger partial charge in [0.2, 0.25) is 5.91 Å². The standard InChI is InChI=1S/C18H21N3O3/c1-14-16-8-5-9-20(16)10-11-21(14)17(22)12-19-18(23)24-13-15-6-3-2-4-7-15/h2-9,14H,10-13H2,1H3,(H,19,23)/t14-/m0/s1. The van der Waals surface area contributed by atoms with E-state index in [1.54, 1.807) is 4.90 Å². The molecule has 2 amide bonds. The number of carbonyl (C=O) groups is 2. The monoisotopic (exact) mass is 327 g/mol. The maximum Gasteiger partial charge on any atom is 0.407 e. The highest BCUT2D eigenvalue weighted by Gasteiger charge is 2.27. The number of nitrogens with zero attached hydrogens (tertiary/aromatic N) is 2. The lowest BCUT2D eigenvalue weighted by atomic mass is 10.1. The Hall–Kier alpha value is -2.76. The van der Waals surface area contributed by atoms with Gasteiger partial charge in [-0.15, -0.1) is 0 Å². The average molecular weight is 327 g/mol. The first-order chi connectivity index (χ1) is 11.6. The van der Waals surface area contributed by atoms with Crippen LogP contribution in [0.3, 0.4) is 0 Å². The molecule has 6 nitrogen and oxygen atoms in total. The maximum absolute atomic E-state index is 12.4. The van der Waals surface area contributed by atoms with Crippen molar-refractivity contribution in [3.8, 4) is 0 Å². The highest BCUT2D eigenvalue weighted by molar-refractivity contribution is 5.82. The molecule has 0 bridgehead atoms. The van der Waals surface area contributed by atoms with E-state index < -0.39 is 6.09 Å². The van der Waals surface area contributed by atoms with Gasteiger partial charge in [0.05, 0.1) is 6.04 Å². The van der Waals surface area contributed by atoms with Gasteiger partial charge in [-0.1, -0.05) is 30.3 Å². The third-order valence-corrected chi connectivity index (χ3v) is 4.26. The summed E-state index contributed by atoms with van der Waals surface area (Å²) in [5.41, 5.74) is 2.02. The van der Waals surface area contributed by atoms with E-state index in [-0.39, 0.29) is 25.1 Å². The summed E-state index contributed by atoms with van der Waals surface area (Å²) in [5, 5.41) is 2.53. The average Bonchev–Trinajstić information content (AvgIpc) is 3.09. The summed E-state index contributed by atoms with van der Waals surface area (Å²) in [6.45, 7) is 3.54. The van der Waals surface area contributed by atoms with Crippen molar-refractivity contribution < 1.29 is 14.3 Å². The number of hydrogen-bond acceptors (Lipinski definition) is 3. The Labute approximate surface area is 141 Å². The molecule has 0 aliphatic carbocycles. The van der Waals surface area contributed by atoms with Crippen LogP contribution < -0.4 is 5.32 Å². The molecule has 1 aromatic heterocycles. The SMILES string of the molecule is C[C@H]1c2cccn2CCN1C(=O)CNC(=O)OCc1ccccc1. The Morgan fingerprint density at radius 1 is 1.17 bits per heavy atom. The number of amides is 2. The van der Waals surface area contributed by atoms with Crippen LogP contribution in [-0.2, 0) is 22.7 Å². The second-order valence-electron chi connectivity index (χ2n) is 5.80. The number of aromatic nitrogens is 1. The van der Waals surface area contributed by atoms with Crippen molar-refractivity contribution in [1.82, 2.24) is 14.8 Å². The number of carbonyl (C=O) groups excluding carboxylic acids is 2.